The SMILES string of the molecule is CN(C(=O)CCCn1cccc1)[C@H]1CCO[C@H](c2ccc(F)cc2)C1. The Balaban J connectivity index is 1.51. The van der Waals surface area contributed by atoms with Gasteiger partial charge >= 0.3 is 0 Å². The van der Waals surface area contributed by atoms with Crippen molar-refractivity contribution in [3.63, 3.8) is 0 Å². The fourth-order valence-corrected chi connectivity index (χ4v) is 3.35. The second-order valence-electron chi connectivity index (χ2n) is 6.62. The molecule has 4 nitrogen and oxygen atoms in total. The topological polar surface area (TPSA) is 34.5 Å². The maximum atomic E-state index is 13.1. The molecule has 1 aliphatic heterocycles. The highest BCUT2D eigenvalue weighted by Gasteiger charge is 2.28. The Morgan fingerprint density at radius 3 is 2.72 bits per heavy atom. The number of rotatable bonds is 6. The van der Waals surface area contributed by atoms with E-state index in [1.54, 1.807) is 12.1 Å². The van der Waals surface area contributed by atoms with Gasteiger partial charge in [-0.1, -0.05) is 12.1 Å². The van der Waals surface area contributed by atoms with E-state index in [0.717, 1.165) is 31.4 Å². The molecule has 0 N–H and O–H groups in total. The second-order valence-corrected chi connectivity index (χ2v) is 6.62. The molecule has 0 saturated carbocycles. The first-order valence-corrected chi connectivity index (χ1v) is 8.87. The van der Waals surface area contributed by atoms with Crippen molar-refractivity contribution in [1.82, 2.24) is 9.47 Å². The first-order chi connectivity index (χ1) is 12.1. The normalized spacial score (nSPS) is 20.4. The Morgan fingerprint density at radius 2 is 2.00 bits per heavy atom. The summed E-state index contributed by atoms with van der Waals surface area (Å²) in [6, 6.07) is 10.6. The van der Waals surface area contributed by atoms with Gasteiger partial charge in [-0.05, 0) is 49.1 Å². The summed E-state index contributed by atoms with van der Waals surface area (Å²) in [7, 11) is 1.88. The van der Waals surface area contributed by atoms with Crippen molar-refractivity contribution in [3.05, 3.63) is 60.2 Å². The zero-order valence-corrected chi connectivity index (χ0v) is 14.6. The lowest BCUT2D eigenvalue weighted by molar-refractivity contribution is -0.135. The van der Waals surface area contributed by atoms with Crippen LogP contribution in [0.15, 0.2) is 48.8 Å². The van der Waals surface area contributed by atoms with Crippen LogP contribution in [0.4, 0.5) is 4.39 Å². The van der Waals surface area contributed by atoms with Crippen molar-refractivity contribution in [2.24, 2.45) is 0 Å². The van der Waals surface area contributed by atoms with Crippen molar-refractivity contribution in [2.45, 2.75) is 44.4 Å². The third kappa shape index (κ3) is 4.69. The number of halogens is 1. The predicted molar refractivity (Wildman–Crippen MR) is 94.6 cm³/mol. The Kier molecular flexibility index (Phi) is 5.87. The Bertz CT molecular complexity index is 670. The molecule has 3 rings (SSSR count). The maximum absolute atomic E-state index is 13.1. The van der Waals surface area contributed by atoms with Crippen molar-refractivity contribution < 1.29 is 13.9 Å². The number of carbonyl (C=O) groups excluding carboxylic acids is 1. The fourth-order valence-electron chi connectivity index (χ4n) is 3.35. The summed E-state index contributed by atoms with van der Waals surface area (Å²) in [6.45, 7) is 1.48. The van der Waals surface area contributed by atoms with E-state index in [0.29, 0.717) is 13.0 Å². The summed E-state index contributed by atoms with van der Waals surface area (Å²) in [6.07, 6.45) is 6.94. The van der Waals surface area contributed by atoms with Gasteiger partial charge in [-0.2, -0.15) is 0 Å². The highest BCUT2D eigenvalue weighted by molar-refractivity contribution is 5.76. The molecule has 1 saturated heterocycles. The Morgan fingerprint density at radius 1 is 1.28 bits per heavy atom. The lowest BCUT2D eigenvalue weighted by Gasteiger charge is -2.35. The third-order valence-electron chi connectivity index (χ3n) is 4.91. The Labute approximate surface area is 148 Å². The first-order valence-electron chi connectivity index (χ1n) is 8.87. The van der Waals surface area contributed by atoms with Gasteiger partial charge in [0.25, 0.3) is 0 Å². The van der Waals surface area contributed by atoms with E-state index in [9.17, 15) is 9.18 Å². The van der Waals surface area contributed by atoms with Crippen LogP contribution in [0, 0.1) is 5.82 Å². The summed E-state index contributed by atoms with van der Waals surface area (Å²) < 4.78 is 21.0. The monoisotopic (exact) mass is 344 g/mol. The summed E-state index contributed by atoms with van der Waals surface area (Å²) in [5, 5.41) is 0. The van der Waals surface area contributed by atoms with Crippen LogP contribution in [-0.4, -0.2) is 35.1 Å². The molecule has 1 aromatic heterocycles. The lowest BCUT2D eigenvalue weighted by atomic mass is 9.96. The maximum Gasteiger partial charge on any atom is 0.222 e. The van der Waals surface area contributed by atoms with Gasteiger partial charge in [-0.15, -0.1) is 0 Å². The lowest BCUT2D eigenvalue weighted by Crippen LogP contribution is -2.41. The van der Waals surface area contributed by atoms with Crippen molar-refractivity contribution in [1.29, 1.82) is 0 Å². The van der Waals surface area contributed by atoms with Crippen molar-refractivity contribution >= 4 is 5.91 Å². The van der Waals surface area contributed by atoms with Crippen molar-refractivity contribution in [3.8, 4) is 0 Å². The molecule has 5 heteroatoms. The molecular weight excluding hydrogens is 319 g/mol. The van der Waals surface area contributed by atoms with Crippen LogP contribution in [0.3, 0.4) is 0 Å². The van der Waals surface area contributed by atoms with Crippen LogP contribution in [0.5, 0.6) is 0 Å². The molecule has 0 spiro atoms. The molecule has 2 aromatic rings. The van der Waals surface area contributed by atoms with E-state index in [1.165, 1.54) is 12.1 Å². The van der Waals surface area contributed by atoms with Gasteiger partial charge in [-0.3, -0.25) is 4.79 Å². The van der Waals surface area contributed by atoms with Crippen LogP contribution in [0.2, 0.25) is 0 Å². The standard InChI is InChI=1S/C20H25FN2O2/c1-22(20(24)5-4-13-23-11-2-3-12-23)18-10-14-25-19(15-18)16-6-8-17(21)9-7-16/h2-3,6-9,11-12,18-19H,4-5,10,13-15H2,1H3/t18-,19-/m0/s1. The summed E-state index contributed by atoms with van der Waals surface area (Å²) in [4.78, 5) is 14.4. The van der Waals surface area contributed by atoms with Crippen LogP contribution in [-0.2, 0) is 16.1 Å². The molecule has 1 aliphatic rings. The minimum atomic E-state index is -0.244. The van der Waals surface area contributed by atoms with Gasteiger partial charge in [-0.25, -0.2) is 4.39 Å². The summed E-state index contributed by atoms with van der Waals surface area (Å²) >= 11 is 0. The molecular formula is C20H25FN2O2. The van der Waals surface area contributed by atoms with Gasteiger partial charge in [0, 0.05) is 45.1 Å². The van der Waals surface area contributed by atoms with Crippen LogP contribution >= 0.6 is 0 Å². The number of aryl methyl sites for hydroxylation is 1. The van der Waals surface area contributed by atoms with E-state index >= 15 is 0 Å². The number of amides is 1. The Hall–Kier alpha value is -2.14. The van der Waals surface area contributed by atoms with Gasteiger partial charge in [0.05, 0.1) is 6.10 Å². The highest BCUT2D eigenvalue weighted by Crippen LogP contribution is 2.30. The van der Waals surface area contributed by atoms with Gasteiger partial charge < -0.3 is 14.2 Å². The minimum absolute atomic E-state index is 0.0746. The van der Waals surface area contributed by atoms with E-state index in [4.69, 9.17) is 4.74 Å². The smallest absolute Gasteiger partial charge is 0.222 e. The van der Waals surface area contributed by atoms with E-state index in [1.807, 2.05) is 36.5 Å². The van der Waals surface area contributed by atoms with Crippen LogP contribution < -0.4 is 0 Å². The van der Waals surface area contributed by atoms with E-state index in [2.05, 4.69) is 4.57 Å². The van der Waals surface area contributed by atoms with Gasteiger partial charge in [0.1, 0.15) is 5.82 Å². The van der Waals surface area contributed by atoms with Gasteiger partial charge in [0.15, 0.2) is 0 Å². The molecule has 0 aliphatic carbocycles. The summed E-state index contributed by atoms with van der Waals surface area (Å²) in [5.74, 6) is -0.0667. The summed E-state index contributed by atoms with van der Waals surface area (Å²) in [5.41, 5.74) is 0.972. The molecule has 2 atom stereocenters. The zero-order chi connectivity index (χ0) is 17.6. The molecule has 2 heterocycles. The van der Waals surface area contributed by atoms with Crippen LogP contribution in [0.25, 0.3) is 0 Å². The third-order valence-corrected chi connectivity index (χ3v) is 4.91. The average molecular weight is 344 g/mol. The van der Waals surface area contributed by atoms with E-state index < -0.39 is 0 Å². The van der Waals surface area contributed by atoms with E-state index in [-0.39, 0.29) is 23.9 Å². The van der Waals surface area contributed by atoms with Gasteiger partial charge in [0.2, 0.25) is 5.91 Å². The number of ether oxygens (including phenoxy) is 1. The predicted octanol–water partition coefficient (Wildman–Crippen LogP) is 3.79. The number of nitrogens with zero attached hydrogens (tertiary/aromatic N) is 2. The number of hydrogen-bond acceptors (Lipinski definition) is 2. The highest BCUT2D eigenvalue weighted by atomic mass is 19.1. The first kappa shape index (κ1) is 17.7. The number of benzene rings is 1. The zero-order valence-electron chi connectivity index (χ0n) is 14.6. The number of aromatic nitrogens is 1. The molecule has 1 aromatic carbocycles. The minimum Gasteiger partial charge on any atom is -0.373 e. The van der Waals surface area contributed by atoms with Crippen molar-refractivity contribution in [2.75, 3.05) is 13.7 Å². The molecule has 25 heavy (non-hydrogen) atoms. The molecule has 1 amide bonds. The molecule has 0 bridgehead atoms. The average Bonchev–Trinajstić information content (AvgIpc) is 3.15. The number of carbonyl (C=O) groups is 1. The van der Waals surface area contributed by atoms with Crippen LogP contribution in [0.1, 0.15) is 37.4 Å². The fraction of sp³-hybridized carbons (Fsp3) is 0.450. The number of hydrogen-bond donors (Lipinski definition) is 0. The molecule has 134 valence electrons. The molecule has 0 radical (unpaired) electrons. The second kappa shape index (κ2) is 8.30. The quantitative estimate of drug-likeness (QED) is 0.799. The largest absolute Gasteiger partial charge is 0.373 e. The molecule has 1 fully saturated rings. The molecule has 0 unspecified atom stereocenters.